The zero-order valence-corrected chi connectivity index (χ0v) is 38.2. The number of pyridine rings is 2. The highest BCUT2D eigenvalue weighted by molar-refractivity contribution is 6.16. The Morgan fingerprint density at radius 3 is 1.94 bits per heavy atom. The van der Waals surface area contributed by atoms with Crippen molar-refractivity contribution in [2.45, 2.75) is 26.2 Å². The molecule has 7 nitrogen and oxygen atoms in total. The number of rotatable bonds is 8. The highest BCUT2D eigenvalue weighted by atomic mass is 16.5. The van der Waals surface area contributed by atoms with Gasteiger partial charge in [0.1, 0.15) is 23.0 Å². The predicted octanol–water partition coefficient (Wildman–Crippen LogP) is 15.1. The second kappa shape index (κ2) is 16.3. The van der Waals surface area contributed by atoms with Crippen LogP contribution in [0.3, 0.4) is 0 Å². The quantitative estimate of drug-likeness (QED) is 0.113. The molecular weight excluding hydrogens is 857 g/mol. The average molecular weight is 913 g/mol. The molecule has 0 aliphatic heterocycles. The summed E-state index contributed by atoms with van der Waals surface area (Å²) in [6.07, 6.45) is 7.15. The van der Waals surface area contributed by atoms with Crippen molar-refractivity contribution in [1.82, 2.24) is 23.7 Å². The molecule has 0 amide bonds. The van der Waals surface area contributed by atoms with Crippen LogP contribution in [0.1, 0.15) is 40.0 Å². The first-order valence-corrected chi connectivity index (χ1v) is 22.9. The summed E-state index contributed by atoms with van der Waals surface area (Å²) in [5.74, 6) is 1.75. The lowest BCUT2D eigenvalue weighted by molar-refractivity contribution is -0.571. The molecule has 5 aromatic heterocycles. The van der Waals surface area contributed by atoms with E-state index in [0.29, 0.717) is 28.2 Å². The number of benzene rings is 8. The molecule has 0 saturated carbocycles. The number of fused-ring (bicyclic) bond motifs is 7. The van der Waals surface area contributed by atoms with E-state index in [4.69, 9.17) is 28.4 Å². The molecule has 334 valence electrons. The zero-order valence-electron chi connectivity index (χ0n) is 48.2. The van der Waals surface area contributed by atoms with Gasteiger partial charge >= 0.3 is 0 Å². The Balaban J connectivity index is 1.03. The maximum absolute atomic E-state index is 9.11. The van der Waals surface area contributed by atoms with Gasteiger partial charge in [0.25, 0.3) is 6.33 Å². The summed E-state index contributed by atoms with van der Waals surface area (Å²) >= 11 is 0. The van der Waals surface area contributed by atoms with Crippen molar-refractivity contribution in [2.24, 2.45) is 0 Å². The molecular formula is C63H46N6O. The van der Waals surface area contributed by atoms with Crippen LogP contribution in [0.15, 0.2) is 224 Å². The van der Waals surface area contributed by atoms with Gasteiger partial charge in [-0.25, -0.2) is 9.97 Å². The lowest BCUT2D eigenvalue weighted by Gasteiger charge is -2.20. The summed E-state index contributed by atoms with van der Waals surface area (Å²) in [5, 5.41) is 4.04. The van der Waals surface area contributed by atoms with Crippen LogP contribution in [0, 0.1) is 6.33 Å². The van der Waals surface area contributed by atoms with Gasteiger partial charge in [-0.05, 0) is 87.8 Å². The minimum absolute atomic E-state index is 0.141. The normalized spacial score (nSPS) is 13.9. The molecule has 7 heteroatoms. The Kier molecular flexibility index (Phi) is 7.42. The molecule has 5 heterocycles. The molecule has 0 radical (unpaired) electrons. The fraction of sp³-hybridized carbons (Fsp3) is 0.0635. The van der Waals surface area contributed by atoms with E-state index in [9.17, 15) is 0 Å². The summed E-state index contributed by atoms with van der Waals surface area (Å²) in [7, 11) is 0. The van der Waals surface area contributed by atoms with E-state index in [-0.39, 0.29) is 33.4 Å². The van der Waals surface area contributed by atoms with Crippen LogP contribution in [-0.2, 0) is 5.41 Å². The molecule has 0 N–H and O–H groups in total. The Hall–Kier alpha value is -9.07. The molecule has 0 aliphatic carbocycles. The van der Waals surface area contributed by atoms with E-state index in [0.717, 1.165) is 60.8 Å². The van der Waals surface area contributed by atoms with Crippen LogP contribution in [0.25, 0.3) is 99.9 Å². The minimum atomic E-state index is -0.574. The third-order valence-electron chi connectivity index (χ3n) is 12.9. The molecule has 0 saturated heterocycles. The average Bonchev–Trinajstić information content (AvgIpc) is 4.34. The van der Waals surface area contributed by atoms with E-state index in [1.165, 1.54) is 0 Å². The van der Waals surface area contributed by atoms with Gasteiger partial charge in [-0.15, -0.1) is 0 Å². The second-order valence-corrected chi connectivity index (χ2v) is 18.1. The number of para-hydroxylation sites is 5. The van der Waals surface area contributed by atoms with Gasteiger partial charge in [-0.2, -0.15) is 0 Å². The van der Waals surface area contributed by atoms with E-state index in [2.05, 4.69) is 78.7 Å². The summed E-state index contributed by atoms with van der Waals surface area (Å²) in [6, 6.07) is 43.3. The first kappa shape index (κ1) is 31.8. The van der Waals surface area contributed by atoms with Crippen LogP contribution >= 0.6 is 0 Å². The van der Waals surface area contributed by atoms with Crippen molar-refractivity contribution in [1.29, 1.82) is 0 Å². The summed E-state index contributed by atoms with van der Waals surface area (Å²) in [4.78, 5) is 9.98. The number of nitrogens with zero attached hydrogens (tertiary/aromatic N) is 6. The molecule has 0 aliphatic rings. The van der Waals surface area contributed by atoms with E-state index >= 15 is 0 Å². The third-order valence-corrected chi connectivity index (χ3v) is 12.9. The summed E-state index contributed by atoms with van der Waals surface area (Å²) in [6.45, 7) is 6.56. The van der Waals surface area contributed by atoms with Crippen molar-refractivity contribution < 1.29 is 23.0 Å². The van der Waals surface area contributed by atoms with E-state index in [1.54, 1.807) is 27.3 Å². The van der Waals surface area contributed by atoms with Gasteiger partial charge < -0.3 is 4.74 Å². The highest BCUT2D eigenvalue weighted by Gasteiger charge is 2.24. The molecule has 13 aromatic rings. The van der Waals surface area contributed by atoms with Crippen molar-refractivity contribution in [3.63, 3.8) is 0 Å². The highest BCUT2D eigenvalue weighted by Crippen LogP contribution is 2.43. The summed E-state index contributed by atoms with van der Waals surface area (Å²) < 4.78 is 103. The third kappa shape index (κ3) is 6.77. The number of hydrogen-bond acceptors (Lipinski definition) is 3. The van der Waals surface area contributed by atoms with Crippen molar-refractivity contribution in [3.05, 3.63) is 236 Å². The van der Waals surface area contributed by atoms with Crippen molar-refractivity contribution >= 4 is 54.8 Å². The number of hydrogen-bond donors (Lipinski definition) is 0. The Morgan fingerprint density at radius 2 is 1.20 bits per heavy atom. The fourth-order valence-electron chi connectivity index (χ4n) is 9.77. The molecule has 0 spiro atoms. The lowest BCUT2D eigenvalue weighted by Crippen LogP contribution is -2.31. The first-order valence-electron chi connectivity index (χ1n) is 27.9. The SMILES string of the molecule is [2H]c1c([2H])c([2H])c(-c2cccc(-c3c([2H])c([2H])c([2H])c([2H])c3[2H])c2-[n+]2[c-]n(-c3cccc(Oc4cc(-n5c6ccccc6c6cccnc65)c5c6ccccc6n(-c6cc(C(C)(C)C)ccn6)c5c4)c3)c3ccccc32)c([2H])c1[2H]. The van der Waals surface area contributed by atoms with Gasteiger partial charge in [0.05, 0.1) is 58.4 Å². The maximum atomic E-state index is 9.11. The molecule has 13 rings (SSSR count). The van der Waals surface area contributed by atoms with Crippen LogP contribution in [0.4, 0.5) is 0 Å². The number of aromatic nitrogens is 6. The monoisotopic (exact) mass is 912 g/mol. The smallest absolute Gasteiger partial charge is 0.269 e. The Morgan fingerprint density at radius 1 is 0.543 bits per heavy atom. The molecule has 70 heavy (non-hydrogen) atoms. The first-order chi connectivity index (χ1) is 38.5. The van der Waals surface area contributed by atoms with Crippen molar-refractivity contribution in [3.8, 4) is 56.6 Å². The number of imidazole rings is 1. The topological polar surface area (TPSA) is 53.7 Å². The van der Waals surface area contributed by atoms with Crippen LogP contribution in [0.5, 0.6) is 11.5 Å². The maximum Gasteiger partial charge on any atom is 0.269 e. The Labute approximate surface area is 419 Å². The lowest BCUT2D eigenvalue weighted by atomic mass is 9.88. The van der Waals surface area contributed by atoms with E-state index < -0.39 is 60.4 Å². The largest absolute Gasteiger partial charge is 0.458 e. The van der Waals surface area contributed by atoms with E-state index in [1.807, 2.05) is 103 Å². The van der Waals surface area contributed by atoms with Gasteiger partial charge in [0.15, 0.2) is 0 Å². The number of ether oxygens (including phenoxy) is 1. The van der Waals surface area contributed by atoms with Gasteiger partial charge in [-0.1, -0.05) is 166 Å². The fourth-order valence-corrected chi connectivity index (χ4v) is 9.77. The van der Waals surface area contributed by atoms with Crippen LogP contribution in [-0.4, -0.2) is 23.7 Å². The molecule has 0 atom stereocenters. The predicted molar refractivity (Wildman–Crippen MR) is 284 cm³/mol. The van der Waals surface area contributed by atoms with Crippen LogP contribution < -0.4 is 9.30 Å². The molecule has 8 aromatic carbocycles. The zero-order chi connectivity index (χ0) is 55.6. The van der Waals surface area contributed by atoms with Gasteiger partial charge in [0, 0.05) is 46.1 Å². The second-order valence-electron chi connectivity index (χ2n) is 18.1. The minimum Gasteiger partial charge on any atom is -0.458 e. The van der Waals surface area contributed by atoms with Crippen LogP contribution in [0.2, 0.25) is 0 Å². The summed E-state index contributed by atoms with van der Waals surface area (Å²) in [5.41, 5.74) is 7.35. The van der Waals surface area contributed by atoms with Gasteiger partial charge in [-0.3, -0.25) is 18.3 Å². The van der Waals surface area contributed by atoms with Crippen molar-refractivity contribution in [2.75, 3.05) is 0 Å². The molecule has 0 unspecified atom stereocenters. The van der Waals surface area contributed by atoms with Gasteiger partial charge in [0.2, 0.25) is 0 Å². The Bertz CT molecular complexity index is 4570. The molecule has 0 fully saturated rings. The standard InChI is InChI=1S/C63H46N6O/c1-63(2,3)44-34-36-64-59(37-44)68-54-31-13-11-26-52(54)60-57(68)39-47(40-58(60)69-53-30-12-10-25-50(53)51-29-18-35-65-62(51)69)70-46-24-16-23-45(38-46)66-41-67(56-33-15-14-32-55(56)66)61-48(42-19-6-4-7-20-42)27-17-28-49(61)43-21-8-5-9-22-43/h4-40H,1-3H3/i4D,5D,6D,7D,8D,9D,19D,20D,21D,22D. The molecule has 0 bridgehead atoms.